The summed E-state index contributed by atoms with van der Waals surface area (Å²) >= 11 is 0. The molecule has 0 bridgehead atoms. The van der Waals surface area contributed by atoms with Crippen LogP contribution in [0.2, 0.25) is 0 Å². The Labute approximate surface area is 184 Å². The average Bonchev–Trinajstić information content (AvgIpc) is 2.83. The first kappa shape index (κ1) is 26.9. The lowest BCUT2D eigenvalue weighted by atomic mass is 10.4. The summed E-state index contributed by atoms with van der Waals surface area (Å²) in [7, 11) is 0. The molecule has 0 unspecified atom stereocenters. The maximum atomic E-state index is 8.51. The number of rotatable bonds is 18. The number of hydrogen-bond donors (Lipinski definition) is 1. The van der Waals surface area contributed by atoms with Crippen molar-refractivity contribution in [3.63, 3.8) is 0 Å². The molecule has 2 aromatic rings. The molecule has 0 aliphatic heterocycles. The molecular weight excluding hydrogens is 404 g/mol. The maximum Gasteiger partial charge on any atom is 0.122 e. The van der Waals surface area contributed by atoms with Crippen molar-refractivity contribution >= 4 is 0 Å². The number of hydrogen-bond acceptors (Lipinski definition) is 9. The van der Waals surface area contributed by atoms with E-state index >= 15 is 0 Å². The van der Waals surface area contributed by atoms with Crippen LogP contribution in [0.25, 0.3) is 0 Å². The molecular formula is C22H34N2O7. The van der Waals surface area contributed by atoms with Crippen LogP contribution in [0.5, 0.6) is 5.75 Å². The molecule has 9 heteroatoms. The molecule has 0 amide bonds. The molecule has 0 fully saturated rings. The molecule has 1 N–H and O–H groups in total. The fourth-order valence-corrected chi connectivity index (χ4v) is 2.01. The highest BCUT2D eigenvalue weighted by Gasteiger charge is 1.95. The Morgan fingerprint density at radius 2 is 0.935 bits per heavy atom. The third kappa shape index (κ3) is 19.6. The van der Waals surface area contributed by atoms with Crippen LogP contribution in [0.1, 0.15) is 0 Å². The summed E-state index contributed by atoms with van der Waals surface area (Å²) in [4.78, 5) is 7.70. The molecule has 2 heterocycles. The van der Waals surface area contributed by atoms with Gasteiger partial charge in [0.1, 0.15) is 12.4 Å². The van der Waals surface area contributed by atoms with E-state index < -0.39 is 0 Å². The molecule has 2 aromatic heterocycles. The Balaban J connectivity index is 0.000000683. The summed E-state index contributed by atoms with van der Waals surface area (Å²) in [5, 5.41) is 8.51. The first-order valence-corrected chi connectivity index (χ1v) is 10.3. The van der Waals surface area contributed by atoms with Crippen LogP contribution in [0.4, 0.5) is 0 Å². The molecule has 31 heavy (non-hydrogen) atoms. The second-order valence-electron chi connectivity index (χ2n) is 5.84. The summed E-state index contributed by atoms with van der Waals surface area (Å²) in [6, 6.07) is 9.32. The van der Waals surface area contributed by atoms with Gasteiger partial charge in [-0.2, -0.15) is 0 Å². The second-order valence-corrected chi connectivity index (χ2v) is 5.84. The van der Waals surface area contributed by atoms with E-state index in [0.717, 1.165) is 5.75 Å². The normalized spacial score (nSPS) is 10.4. The molecule has 0 aromatic carbocycles. The zero-order valence-corrected chi connectivity index (χ0v) is 18.0. The van der Waals surface area contributed by atoms with E-state index in [1.54, 1.807) is 36.9 Å². The van der Waals surface area contributed by atoms with Crippen LogP contribution in [0.3, 0.4) is 0 Å². The van der Waals surface area contributed by atoms with E-state index in [1.165, 1.54) is 0 Å². The van der Waals surface area contributed by atoms with Crippen LogP contribution >= 0.6 is 0 Å². The first-order chi connectivity index (χ1) is 15.4. The number of aliphatic hydroxyl groups excluding tert-OH is 1. The molecule has 174 valence electrons. The van der Waals surface area contributed by atoms with Crippen LogP contribution in [-0.4, -0.2) is 94.4 Å². The minimum atomic E-state index is 0.0353. The topological polar surface area (TPSA) is 101 Å². The van der Waals surface area contributed by atoms with E-state index in [-0.39, 0.29) is 6.61 Å². The van der Waals surface area contributed by atoms with Gasteiger partial charge in [0.2, 0.25) is 0 Å². The fourth-order valence-electron chi connectivity index (χ4n) is 2.01. The van der Waals surface area contributed by atoms with Gasteiger partial charge in [-0.15, -0.1) is 0 Å². The molecule has 0 spiro atoms. The van der Waals surface area contributed by atoms with Gasteiger partial charge in [-0.1, -0.05) is 6.07 Å². The van der Waals surface area contributed by atoms with Crippen LogP contribution < -0.4 is 4.74 Å². The lowest BCUT2D eigenvalue weighted by molar-refractivity contribution is -0.0146. The number of nitrogens with zero attached hydrogens (tertiary/aromatic N) is 2. The number of aromatic nitrogens is 2. The maximum absolute atomic E-state index is 8.51. The van der Waals surface area contributed by atoms with Crippen LogP contribution in [-0.2, 0) is 23.7 Å². The third-order valence-electron chi connectivity index (χ3n) is 3.44. The minimum Gasteiger partial charge on any atom is -0.491 e. The van der Waals surface area contributed by atoms with Crippen molar-refractivity contribution in [1.82, 2.24) is 9.97 Å². The molecule has 2 rings (SSSR count). The summed E-state index contributed by atoms with van der Waals surface area (Å²) in [6.07, 6.45) is 6.87. The van der Waals surface area contributed by atoms with Gasteiger partial charge in [-0.05, 0) is 24.3 Å². The summed E-state index contributed by atoms with van der Waals surface area (Å²) < 4.78 is 32.0. The summed E-state index contributed by atoms with van der Waals surface area (Å²) in [5.74, 6) is 0.786. The summed E-state index contributed by atoms with van der Waals surface area (Å²) in [6.45, 7) is 5.51. The Hall–Kier alpha value is -2.14. The monoisotopic (exact) mass is 438 g/mol. The van der Waals surface area contributed by atoms with Crippen LogP contribution in [0, 0.1) is 0 Å². The van der Waals surface area contributed by atoms with Gasteiger partial charge in [0.25, 0.3) is 0 Å². The Kier molecular flexibility index (Phi) is 19.6. The van der Waals surface area contributed by atoms with Crippen molar-refractivity contribution in [2.45, 2.75) is 0 Å². The zero-order chi connectivity index (χ0) is 22.1. The molecule has 0 atom stereocenters. The highest BCUT2D eigenvalue weighted by Crippen LogP contribution is 2.05. The molecule has 0 aliphatic rings. The highest BCUT2D eigenvalue weighted by molar-refractivity contribution is 5.16. The standard InChI is InChI=1S/C17H29NO7.C5H5N/c19-5-6-20-7-8-21-9-10-22-11-12-23-13-14-24-15-16-25-17-1-3-18-4-2-17;1-2-4-6-5-3-1/h1-4,19H,5-16H2;1-5H. The third-order valence-corrected chi connectivity index (χ3v) is 3.44. The second kappa shape index (κ2) is 22.5. The molecule has 9 nitrogen and oxygen atoms in total. The molecule has 0 saturated heterocycles. The fraction of sp³-hybridized carbons (Fsp3) is 0.545. The van der Waals surface area contributed by atoms with Gasteiger partial charge in [0.15, 0.2) is 0 Å². The number of ether oxygens (including phenoxy) is 6. The predicted molar refractivity (Wildman–Crippen MR) is 115 cm³/mol. The van der Waals surface area contributed by atoms with Crippen molar-refractivity contribution in [2.75, 3.05) is 79.3 Å². The van der Waals surface area contributed by atoms with Gasteiger partial charge in [0.05, 0.1) is 72.7 Å². The minimum absolute atomic E-state index is 0.0353. The Morgan fingerprint density at radius 3 is 1.32 bits per heavy atom. The number of pyridine rings is 2. The van der Waals surface area contributed by atoms with E-state index in [0.29, 0.717) is 72.7 Å². The highest BCUT2D eigenvalue weighted by atomic mass is 16.6. The molecule has 0 aliphatic carbocycles. The van der Waals surface area contributed by atoms with Gasteiger partial charge in [0, 0.05) is 24.8 Å². The van der Waals surface area contributed by atoms with Gasteiger partial charge < -0.3 is 33.5 Å². The van der Waals surface area contributed by atoms with E-state index in [9.17, 15) is 0 Å². The summed E-state index contributed by atoms with van der Waals surface area (Å²) in [5.41, 5.74) is 0. The molecule has 0 saturated carbocycles. The smallest absolute Gasteiger partial charge is 0.122 e. The lowest BCUT2D eigenvalue weighted by Gasteiger charge is -2.08. The first-order valence-electron chi connectivity index (χ1n) is 10.3. The Bertz CT molecular complexity index is 552. The SMILES string of the molecule is OCCOCCOCCOCCOCCOCCOc1ccncc1.c1ccncc1. The Morgan fingerprint density at radius 1 is 0.516 bits per heavy atom. The lowest BCUT2D eigenvalue weighted by Crippen LogP contribution is -2.14. The van der Waals surface area contributed by atoms with Crippen LogP contribution in [0.15, 0.2) is 55.1 Å². The largest absolute Gasteiger partial charge is 0.491 e. The average molecular weight is 439 g/mol. The van der Waals surface area contributed by atoms with Crippen molar-refractivity contribution in [2.24, 2.45) is 0 Å². The quantitative estimate of drug-likeness (QED) is 0.348. The van der Waals surface area contributed by atoms with E-state index in [2.05, 4.69) is 9.97 Å². The van der Waals surface area contributed by atoms with E-state index in [1.807, 2.05) is 18.2 Å². The van der Waals surface area contributed by atoms with Gasteiger partial charge in [-0.3, -0.25) is 9.97 Å². The van der Waals surface area contributed by atoms with Crippen molar-refractivity contribution in [3.8, 4) is 5.75 Å². The van der Waals surface area contributed by atoms with Gasteiger partial charge in [-0.25, -0.2) is 0 Å². The molecule has 0 radical (unpaired) electrons. The van der Waals surface area contributed by atoms with Crippen molar-refractivity contribution < 1.29 is 33.5 Å². The predicted octanol–water partition coefficient (Wildman–Crippen LogP) is 1.62. The van der Waals surface area contributed by atoms with Crippen molar-refractivity contribution in [3.05, 3.63) is 55.1 Å². The van der Waals surface area contributed by atoms with Gasteiger partial charge >= 0.3 is 0 Å². The van der Waals surface area contributed by atoms with Crippen molar-refractivity contribution in [1.29, 1.82) is 0 Å². The number of aliphatic hydroxyl groups is 1. The zero-order valence-electron chi connectivity index (χ0n) is 18.0. The van der Waals surface area contributed by atoms with E-state index in [4.69, 9.17) is 33.5 Å².